The minimum absolute atomic E-state index is 0.0810. The zero-order valence-corrected chi connectivity index (χ0v) is 9.84. The SMILES string of the molecule is O=C(NCC1CCNC1)c1ccoc1Br. The second kappa shape index (κ2) is 4.81. The number of amides is 1. The number of furan rings is 1. The maximum Gasteiger partial charge on any atom is 0.255 e. The fraction of sp³-hybridized carbons (Fsp3) is 0.500. The maximum atomic E-state index is 11.7. The Kier molecular flexibility index (Phi) is 3.43. The van der Waals surface area contributed by atoms with Crippen LogP contribution in [0.5, 0.6) is 0 Å². The summed E-state index contributed by atoms with van der Waals surface area (Å²) in [5, 5.41) is 6.16. The summed E-state index contributed by atoms with van der Waals surface area (Å²) in [5.41, 5.74) is 0.556. The molecule has 0 spiro atoms. The van der Waals surface area contributed by atoms with E-state index < -0.39 is 0 Å². The van der Waals surface area contributed by atoms with Crippen molar-refractivity contribution in [2.75, 3.05) is 19.6 Å². The predicted octanol–water partition coefficient (Wildman–Crippen LogP) is 1.38. The van der Waals surface area contributed by atoms with E-state index >= 15 is 0 Å². The Hall–Kier alpha value is -0.810. The van der Waals surface area contributed by atoms with Gasteiger partial charge in [0.05, 0.1) is 11.8 Å². The van der Waals surface area contributed by atoms with Crippen LogP contribution in [0.2, 0.25) is 0 Å². The molecule has 0 aliphatic carbocycles. The minimum Gasteiger partial charge on any atom is -0.457 e. The molecule has 1 aliphatic rings. The lowest BCUT2D eigenvalue weighted by Crippen LogP contribution is -2.30. The molecule has 0 aromatic carbocycles. The first-order chi connectivity index (χ1) is 7.27. The Morgan fingerprint density at radius 2 is 2.60 bits per heavy atom. The Morgan fingerprint density at radius 3 is 3.20 bits per heavy atom. The Morgan fingerprint density at radius 1 is 1.73 bits per heavy atom. The van der Waals surface area contributed by atoms with E-state index in [9.17, 15) is 4.79 Å². The lowest BCUT2D eigenvalue weighted by atomic mass is 10.1. The van der Waals surface area contributed by atoms with Crippen LogP contribution in [0.3, 0.4) is 0 Å². The van der Waals surface area contributed by atoms with E-state index in [4.69, 9.17) is 4.42 Å². The molecule has 1 unspecified atom stereocenters. The topological polar surface area (TPSA) is 54.3 Å². The van der Waals surface area contributed by atoms with Gasteiger partial charge in [-0.25, -0.2) is 0 Å². The molecule has 1 amide bonds. The quantitative estimate of drug-likeness (QED) is 0.874. The molecule has 0 saturated carbocycles. The number of carbonyl (C=O) groups excluding carboxylic acids is 1. The van der Waals surface area contributed by atoms with Crippen LogP contribution in [-0.4, -0.2) is 25.5 Å². The number of rotatable bonds is 3. The zero-order valence-electron chi connectivity index (χ0n) is 8.25. The molecule has 4 nitrogen and oxygen atoms in total. The maximum absolute atomic E-state index is 11.7. The first-order valence-electron chi connectivity index (χ1n) is 4.99. The van der Waals surface area contributed by atoms with Crippen molar-refractivity contribution in [3.05, 3.63) is 22.6 Å². The van der Waals surface area contributed by atoms with Crippen molar-refractivity contribution in [1.82, 2.24) is 10.6 Å². The average molecular weight is 273 g/mol. The predicted molar refractivity (Wildman–Crippen MR) is 59.7 cm³/mol. The molecule has 5 heteroatoms. The molecule has 1 aromatic heterocycles. The zero-order chi connectivity index (χ0) is 10.7. The van der Waals surface area contributed by atoms with Crippen LogP contribution in [0.1, 0.15) is 16.8 Å². The summed E-state index contributed by atoms with van der Waals surface area (Å²) < 4.78 is 5.49. The monoisotopic (exact) mass is 272 g/mol. The minimum atomic E-state index is -0.0810. The van der Waals surface area contributed by atoms with Crippen LogP contribution in [0, 0.1) is 5.92 Å². The van der Waals surface area contributed by atoms with Crippen molar-refractivity contribution in [2.24, 2.45) is 5.92 Å². The summed E-state index contributed by atoms with van der Waals surface area (Å²) in [4.78, 5) is 11.7. The molecule has 1 fully saturated rings. The van der Waals surface area contributed by atoms with Crippen molar-refractivity contribution in [3.8, 4) is 0 Å². The number of halogens is 1. The highest BCUT2D eigenvalue weighted by Gasteiger charge is 2.17. The highest BCUT2D eigenvalue weighted by molar-refractivity contribution is 9.10. The van der Waals surface area contributed by atoms with Crippen molar-refractivity contribution in [1.29, 1.82) is 0 Å². The van der Waals surface area contributed by atoms with Crippen molar-refractivity contribution in [2.45, 2.75) is 6.42 Å². The van der Waals surface area contributed by atoms with Crippen LogP contribution < -0.4 is 10.6 Å². The number of hydrogen-bond donors (Lipinski definition) is 2. The molecule has 2 N–H and O–H groups in total. The molecule has 0 radical (unpaired) electrons. The van der Waals surface area contributed by atoms with Gasteiger partial charge in [-0.3, -0.25) is 4.79 Å². The Labute approximate surface area is 96.5 Å². The molecule has 15 heavy (non-hydrogen) atoms. The first-order valence-corrected chi connectivity index (χ1v) is 5.78. The molecule has 2 rings (SSSR count). The standard InChI is InChI=1S/C10H13BrN2O2/c11-9-8(2-4-15-9)10(14)13-6-7-1-3-12-5-7/h2,4,7,12H,1,3,5-6H2,(H,13,14). The molecular weight excluding hydrogens is 260 g/mol. The Bertz CT molecular complexity index is 345. The molecule has 0 bridgehead atoms. The van der Waals surface area contributed by atoms with Crippen LogP contribution in [0.15, 0.2) is 21.4 Å². The summed E-state index contributed by atoms with van der Waals surface area (Å²) in [6, 6.07) is 1.66. The third-order valence-corrected chi connectivity index (χ3v) is 3.19. The van der Waals surface area contributed by atoms with Gasteiger partial charge in [0.15, 0.2) is 4.67 Å². The van der Waals surface area contributed by atoms with Gasteiger partial charge in [-0.2, -0.15) is 0 Å². The molecular formula is C10H13BrN2O2. The summed E-state index contributed by atoms with van der Waals surface area (Å²) in [5.74, 6) is 0.474. The van der Waals surface area contributed by atoms with E-state index in [1.165, 1.54) is 6.26 Å². The van der Waals surface area contributed by atoms with Gasteiger partial charge < -0.3 is 15.1 Å². The summed E-state index contributed by atoms with van der Waals surface area (Å²) in [6.07, 6.45) is 2.63. The third kappa shape index (κ3) is 2.60. The summed E-state index contributed by atoms with van der Waals surface area (Å²) in [7, 11) is 0. The summed E-state index contributed by atoms with van der Waals surface area (Å²) in [6.45, 7) is 2.77. The van der Waals surface area contributed by atoms with Gasteiger partial charge in [-0.15, -0.1) is 0 Å². The first kappa shape index (κ1) is 10.7. The smallest absolute Gasteiger partial charge is 0.255 e. The highest BCUT2D eigenvalue weighted by atomic mass is 79.9. The third-order valence-electron chi connectivity index (χ3n) is 2.58. The van der Waals surface area contributed by atoms with Gasteiger partial charge in [-0.1, -0.05) is 0 Å². The molecule has 1 atom stereocenters. The van der Waals surface area contributed by atoms with Crippen molar-refractivity contribution >= 4 is 21.8 Å². The van der Waals surface area contributed by atoms with Gasteiger partial charge in [0, 0.05) is 6.54 Å². The van der Waals surface area contributed by atoms with Gasteiger partial charge in [0.1, 0.15) is 0 Å². The normalized spacial score (nSPS) is 20.5. The van der Waals surface area contributed by atoms with Crippen molar-refractivity contribution < 1.29 is 9.21 Å². The van der Waals surface area contributed by atoms with E-state index in [-0.39, 0.29) is 5.91 Å². The lowest BCUT2D eigenvalue weighted by Gasteiger charge is -2.09. The van der Waals surface area contributed by atoms with Crippen molar-refractivity contribution in [3.63, 3.8) is 0 Å². The van der Waals surface area contributed by atoms with E-state index in [2.05, 4.69) is 26.6 Å². The molecule has 2 heterocycles. The Balaban J connectivity index is 1.84. The fourth-order valence-corrected chi connectivity index (χ4v) is 2.10. The van der Waals surface area contributed by atoms with Gasteiger partial charge in [0.25, 0.3) is 5.91 Å². The fourth-order valence-electron chi connectivity index (χ4n) is 1.68. The van der Waals surface area contributed by atoms with Gasteiger partial charge >= 0.3 is 0 Å². The average Bonchev–Trinajstić information content (AvgIpc) is 2.84. The van der Waals surface area contributed by atoms with Crippen LogP contribution in [-0.2, 0) is 0 Å². The molecule has 1 aliphatic heterocycles. The molecule has 1 saturated heterocycles. The van der Waals surface area contributed by atoms with Gasteiger partial charge in [0.2, 0.25) is 0 Å². The van der Waals surface area contributed by atoms with Crippen LogP contribution in [0.25, 0.3) is 0 Å². The lowest BCUT2D eigenvalue weighted by molar-refractivity contribution is 0.0946. The van der Waals surface area contributed by atoms with E-state index in [0.29, 0.717) is 16.2 Å². The van der Waals surface area contributed by atoms with E-state index in [1.54, 1.807) is 6.07 Å². The summed E-state index contributed by atoms with van der Waals surface area (Å²) >= 11 is 3.18. The molecule has 1 aromatic rings. The highest BCUT2D eigenvalue weighted by Crippen LogP contribution is 2.17. The van der Waals surface area contributed by atoms with Crippen LogP contribution >= 0.6 is 15.9 Å². The largest absolute Gasteiger partial charge is 0.457 e. The number of carbonyl (C=O) groups is 1. The van der Waals surface area contributed by atoms with E-state index in [1.807, 2.05) is 0 Å². The van der Waals surface area contributed by atoms with Crippen LogP contribution in [0.4, 0.5) is 0 Å². The number of hydrogen-bond acceptors (Lipinski definition) is 3. The molecule has 82 valence electrons. The number of nitrogens with one attached hydrogen (secondary N) is 2. The van der Waals surface area contributed by atoms with E-state index in [0.717, 1.165) is 26.1 Å². The van der Waals surface area contributed by atoms with Gasteiger partial charge in [-0.05, 0) is 47.4 Å². The second-order valence-electron chi connectivity index (χ2n) is 3.68. The second-order valence-corrected chi connectivity index (χ2v) is 4.40.